The fourth-order valence-electron chi connectivity index (χ4n) is 2.38. The minimum atomic E-state index is -0.00653. The molecule has 0 amide bonds. The maximum Gasteiger partial charge on any atom is 0.123 e. The van der Waals surface area contributed by atoms with Crippen LogP contribution in [0.25, 0.3) is 0 Å². The molecule has 1 heterocycles. The van der Waals surface area contributed by atoms with Crippen molar-refractivity contribution < 1.29 is 9.47 Å². The second-order valence-electron chi connectivity index (χ2n) is 4.72. The van der Waals surface area contributed by atoms with Gasteiger partial charge in [0.25, 0.3) is 0 Å². The summed E-state index contributed by atoms with van der Waals surface area (Å²) in [4.78, 5) is 0. The fraction of sp³-hybridized carbons (Fsp3) is 0.571. The minimum Gasteiger partial charge on any atom is -0.496 e. The maximum atomic E-state index is 6.26. The molecule has 1 aliphatic rings. The van der Waals surface area contributed by atoms with Crippen LogP contribution in [0.2, 0.25) is 0 Å². The van der Waals surface area contributed by atoms with Gasteiger partial charge >= 0.3 is 0 Å². The van der Waals surface area contributed by atoms with Gasteiger partial charge in [0.2, 0.25) is 0 Å². The normalized spacial score (nSPS) is 21.5. The molecule has 3 heteroatoms. The lowest BCUT2D eigenvalue weighted by atomic mass is 9.98. The Bertz CT molecular complexity index is 372. The van der Waals surface area contributed by atoms with Gasteiger partial charge in [-0.3, -0.25) is 0 Å². The van der Waals surface area contributed by atoms with E-state index in [9.17, 15) is 0 Å². The first kappa shape index (κ1) is 12.4. The van der Waals surface area contributed by atoms with Crippen LogP contribution in [-0.4, -0.2) is 19.8 Å². The third kappa shape index (κ3) is 2.99. The number of hydrogen-bond acceptors (Lipinski definition) is 3. The van der Waals surface area contributed by atoms with Crippen LogP contribution < -0.4 is 10.5 Å². The lowest BCUT2D eigenvalue weighted by Gasteiger charge is -2.19. The lowest BCUT2D eigenvalue weighted by molar-refractivity contribution is 0.0981. The van der Waals surface area contributed by atoms with E-state index in [0.29, 0.717) is 6.10 Å². The minimum absolute atomic E-state index is 0.00653. The molecule has 0 radical (unpaired) electrons. The third-order valence-corrected chi connectivity index (χ3v) is 3.33. The van der Waals surface area contributed by atoms with Crippen molar-refractivity contribution in [2.75, 3.05) is 13.7 Å². The number of rotatable bonds is 4. The maximum absolute atomic E-state index is 6.26. The summed E-state index contributed by atoms with van der Waals surface area (Å²) < 4.78 is 11.0. The van der Waals surface area contributed by atoms with Crippen LogP contribution in [-0.2, 0) is 4.74 Å². The van der Waals surface area contributed by atoms with Gasteiger partial charge in [-0.25, -0.2) is 0 Å². The second kappa shape index (κ2) is 5.52. The summed E-state index contributed by atoms with van der Waals surface area (Å²) in [7, 11) is 1.69. The van der Waals surface area contributed by atoms with E-state index in [2.05, 4.69) is 13.0 Å². The Morgan fingerprint density at radius 1 is 1.53 bits per heavy atom. The van der Waals surface area contributed by atoms with E-state index in [1.807, 2.05) is 12.1 Å². The molecule has 1 saturated heterocycles. The molecule has 2 rings (SSSR count). The lowest BCUT2D eigenvalue weighted by Crippen LogP contribution is -2.19. The highest BCUT2D eigenvalue weighted by atomic mass is 16.5. The van der Waals surface area contributed by atoms with E-state index < -0.39 is 0 Å². The Hall–Kier alpha value is -1.06. The Kier molecular flexibility index (Phi) is 4.02. The predicted octanol–water partition coefficient (Wildman–Crippen LogP) is 2.57. The molecule has 0 bridgehead atoms. The molecule has 1 aliphatic heterocycles. The highest BCUT2D eigenvalue weighted by Crippen LogP contribution is 2.30. The van der Waals surface area contributed by atoms with E-state index in [-0.39, 0.29) is 6.04 Å². The van der Waals surface area contributed by atoms with Gasteiger partial charge in [-0.15, -0.1) is 0 Å². The van der Waals surface area contributed by atoms with Crippen molar-refractivity contribution in [1.82, 2.24) is 0 Å². The van der Waals surface area contributed by atoms with E-state index in [1.165, 1.54) is 5.56 Å². The summed E-state index contributed by atoms with van der Waals surface area (Å²) >= 11 is 0. The highest BCUT2D eigenvalue weighted by Gasteiger charge is 2.21. The van der Waals surface area contributed by atoms with Crippen molar-refractivity contribution in [3.63, 3.8) is 0 Å². The molecule has 2 atom stereocenters. The molecule has 0 spiro atoms. The molecule has 0 aromatic heterocycles. The van der Waals surface area contributed by atoms with Crippen molar-refractivity contribution in [2.24, 2.45) is 5.73 Å². The molecule has 1 fully saturated rings. The number of methoxy groups -OCH3 is 1. The zero-order valence-corrected chi connectivity index (χ0v) is 10.6. The van der Waals surface area contributed by atoms with Gasteiger partial charge in [0.15, 0.2) is 0 Å². The van der Waals surface area contributed by atoms with Crippen LogP contribution in [0, 0.1) is 6.92 Å². The number of hydrogen-bond donors (Lipinski definition) is 1. The van der Waals surface area contributed by atoms with Crippen LogP contribution in [0.15, 0.2) is 18.2 Å². The van der Waals surface area contributed by atoms with E-state index in [1.54, 1.807) is 7.11 Å². The third-order valence-electron chi connectivity index (χ3n) is 3.33. The number of aryl methyl sites for hydroxylation is 1. The zero-order valence-electron chi connectivity index (χ0n) is 10.6. The summed E-state index contributed by atoms with van der Waals surface area (Å²) in [6.45, 7) is 2.95. The first-order valence-corrected chi connectivity index (χ1v) is 6.22. The Labute approximate surface area is 103 Å². The second-order valence-corrected chi connectivity index (χ2v) is 4.72. The topological polar surface area (TPSA) is 44.5 Å². The molecule has 3 nitrogen and oxygen atoms in total. The van der Waals surface area contributed by atoms with Crippen molar-refractivity contribution in [3.8, 4) is 5.75 Å². The van der Waals surface area contributed by atoms with Crippen molar-refractivity contribution in [3.05, 3.63) is 29.3 Å². The zero-order chi connectivity index (χ0) is 12.3. The van der Waals surface area contributed by atoms with Gasteiger partial charge in [-0.2, -0.15) is 0 Å². The van der Waals surface area contributed by atoms with E-state index in [4.69, 9.17) is 15.2 Å². The molecule has 2 N–H and O–H groups in total. The molecule has 94 valence electrons. The predicted molar refractivity (Wildman–Crippen MR) is 68.3 cm³/mol. The summed E-state index contributed by atoms with van der Waals surface area (Å²) in [6, 6.07) is 6.13. The Morgan fingerprint density at radius 3 is 3.00 bits per heavy atom. The van der Waals surface area contributed by atoms with Crippen LogP contribution >= 0.6 is 0 Å². The largest absolute Gasteiger partial charge is 0.496 e. The smallest absolute Gasteiger partial charge is 0.123 e. The van der Waals surface area contributed by atoms with Crippen LogP contribution in [0.3, 0.4) is 0 Å². The molecule has 0 aliphatic carbocycles. The number of ether oxygens (including phenoxy) is 2. The Morgan fingerprint density at radius 2 is 2.35 bits per heavy atom. The first-order valence-electron chi connectivity index (χ1n) is 6.22. The van der Waals surface area contributed by atoms with Crippen molar-refractivity contribution >= 4 is 0 Å². The summed E-state index contributed by atoms with van der Waals surface area (Å²) in [5, 5.41) is 0. The average molecular weight is 235 g/mol. The molecular weight excluding hydrogens is 214 g/mol. The molecular formula is C14H21NO2. The fourth-order valence-corrected chi connectivity index (χ4v) is 2.38. The molecule has 1 aromatic rings. The van der Waals surface area contributed by atoms with Gasteiger partial charge in [0.05, 0.1) is 13.2 Å². The van der Waals surface area contributed by atoms with E-state index in [0.717, 1.165) is 37.2 Å². The van der Waals surface area contributed by atoms with Gasteiger partial charge in [-0.1, -0.05) is 17.7 Å². The van der Waals surface area contributed by atoms with Gasteiger partial charge < -0.3 is 15.2 Å². The molecule has 1 aromatic carbocycles. The summed E-state index contributed by atoms with van der Waals surface area (Å²) in [6.07, 6.45) is 3.47. The summed E-state index contributed by atoms with van der Waals surface area (Å²) in [5.74, 6) is 0.876. The SMILES string of the molecule is COc1ccc(C)cc1C(N)CC1CCCO1. The van der Waals surface area contributed by atoms with Crippen molar-refractivity contribution in [2.45, 2.75) is 38.3 Å². The molecule has 17 heavy (non-hydrogen) atoms. The average Bonchev–Trinajstić information content (AvgIpc) is 2.81. The van der Waals surface area contributed by atoms with Gasteiger partial charge in [0, 0.05) is 18.2 Å². The quantitative estimate of drug-likeness (QED) is 0.872. The molecule has 2 unspecified atom stereocenters. The van der Waals surface area contributed by atoms with Crippen molar-refractivity contribution in [1.29, 1.82) is 0 Å². The van der Waals surface area contributed by atoms with Gasteiger partial charge in [0.1, 0.15) is 5.75 Å². The standard InChI is InChI=1S/C14H21NO2/c1-10-5-6-14(16-2)12(8-10)13(15)9-11-4-3-7-17-11/h5-6,8,11,13H,3-4,7,9,15H2,1-2H3. The van der Waals surface area contributed by atoms with Crippen LogP contribution in [0.5, 0.6) is 5.75 Å². The van der Waals surface area contributed by atoms with Gasteiger partial charge in [-0.05, 0) is 32.3 Å². The first-order chi connectivity index (χ1) is 8.20. The summed E-state index contributed by atoms with van der Waals surface area (Å²) in [5.41, 5.74) is 8.56. The van der Waals surface area contributed by atoms with Crippen LogP contribution in [0.4, 0.5) is 0 Å². The molecule has 0 saturated carbocycles. The Balaban J connectivity index is 2.11. The monoisotopic (exact) mass is 235 g/mol. The number of benzene rings is 1. The van der Waals surface area contributed by atoms with E-state index >= 15 is 0 Å². The van der Waals surface area contributed by atoms with Crippen LogP contribution in [0.1, 0.15) is 36.4 Å². The highest BCUT2D eigenvalue weighted by molar-refractivity contribution is 5.39. The number of nitrogens with two attached hydrogens (primary N) is 1.